The summed E-state index contributed by atoms with van der Waals surface area (Å²) in [5, 5.41) is 8.66. The second kappa shape index (κ2) is 9.43. The Morgan fingerprint density at radius 2 is 1.60 bits per heavy atom. The lowest BCUT2D eigenvalue weighted by Gasteiger charge is -2.29. The van der Waals surface area contributed by atoms with Gasteiger partial charge in [-0.3, -0.25) is 9.59 Å². The van der Waals surface area contributed by atoms with Gasteiger partial charge in [0, 0.05) is 31.9 Å². The summed E-state index contributed by atoms with van der Waals surface area (Å²) in [6.07, 6.45) is 2.97. The number of rotatable bonds is 6. The van der Waals surface area contributed by atoms with E-state index in [0.29, 0.717) is 25.1 Å². The maximum Gasteiger partial charge on any atom is 0.315 e. The zero-order chi connectivity index (χ0) is 21.6. The first-order valence-electron chi connectivity index (χ1n) is 10.2. The monoisotopic (exact) mass is 408 g/mol. The van der Waals surface area contributed by atoms with Crippen molar-refractivity contribution in [3.05, 3.63) is 60.2 Å². The molecule has 30 heavy (non-hydrogen) atoms. The molecule has 7 nitrogen and oxygen atoms in total. The zero-order valence-electron chi connectivity index (χ0n) is 17.4. The van der Waals surface area contributed by atoms with Crippen LogP contribution in [0.1, 0.15) is 38.2 Å². The summed E-state index contributed by atoms with van der Waals surface area (Å²) in [6, 6.07) is 16.3. The van der Waals surface area contributed by atoms with E-state index in [-0.39, 0.29) is 17.8 Å². The van der Waals surface area contributed by atoms with E-state index in [4.69, 9.17) is 0 Å². The van der Waals surface area contributed by atoms with Crippen LogP contribution in [0.4, 0.5) is 16.2 Å². The fourth-order valence-electron chi connectivity index (χ4n) is 3.63. The van der Waals surface area contributed by atoms with Crippen LogP contribution in [-0.2, 0) is 16.1 Å². The van der Waals surface area contributed by atoms with E-state index in [1.807, 2.05) is 30.3 Å². The molecule has 1 aliphatic carbocycles. The van der Waals surface area contributed by atoms with Gasteiger partial charge in [0.25, 0.3) is 0 Å². The molecule has 0 atom stereocenters. The van der Waals surface area contributed by atoms with Crippen LogP contribution >= 0.6 is 0 Å². The van der Waals surface area contributed by atoms with E-state index in [9.17, 15) is 14.4 Å². The number of hydrogen-bond donors (Lipinski definition) is 3. The molecule has 0 radical (unpaired) electrons. The summed E-state index contributed by atoms with van der Waals surface area (Å²) in [5.41, 5.74) is 1.44. The first kappa shape index (κ1) is 21.4. The molecule has 1 aliphatic rings. The summed E-state index contributed by atoms with van der Waals surface area (Å²) in [7, 11) is 1.70. The maximum atomic E-state index is 13.1. The van der Waals surface area contributed by atoms with Gasteiger partial charge in [-0.25, -0.2) is 4.79 Å². The summed E-state index contributed by atoms with van der Waals surface area (Å²) in [5.74, 6) is -0.287. The molecule has 0 heterocycles. The van der Waals surface area contributed by atoms with E-state index in [1.54, 1.807) is 31.3 Å². The molecule has 3 N–H and O–H groups in total. The third-order valence-electron chi connectivity index (χ3n) is 5.53. The Balaban J connectivity index is 1.62. The number of nitrogens with zero attached hydrogens (tertiary/aromatic N) is 1. The molecule has 7 heteroatoms. The van der Waals surface area contributed by atoms with E-state index < -0.39 is 5.54 Å². The quantitative estimate of drug-likeness (QED) is 0.684. The molecule has 1 fully saturated rings. The largest absolute Gasteiger partial charge is 0.334 e. The predicted octanol–water partition coefficient (Wildman–Crippen LogP) is 3.42. The Bertz CT molecular complexity index is 890. The second-order valence-electron chi connectivity index (χ2n) is 7.66. The molecule has 2 aromatic rings. The molecule has 0 saturated heterocycles. The standard InChI is InChI=1S/C23H28N4O3/c1-17(28)27(2)20-12-10-19(11-13-20)25-21(29)23(14-6-7-15-23)26-22(30)24-16-18-8-4-3-5-9-18/h3-5,8-13H,6-7,14-16H2,1-2H3,(H,25,29)(H2,24,26,30). The molecular formula is C23H28N4O3. The second-order valence-corrected chi connectivity index (χ2v) is 7.66. The minimum atomic E-state index is -0.921. The van der Waals surface area contributed by atoms with Crippen molar-refractivity contribution in [1.82, 2.24) is 10.6 Å². The van der Waals surface area contributed by atoms with Crippen molar-refractivity contribution in [2.75, 3.05) is 17.3 Å². The van der Waals surface area contributed by atoms with Crippen molar-refractivity contribution in [3.8, 4) is 0 Å². The lowest BCUT2D eigenvalue weighted by Crippen LogP contribution is -2.57. The van der Waals surface area contributed by atoms with Gasteiger partial charge in [0.05, 0.1) is 0 Å². The normalized spacial score (nSPS) is 14.6. The van der Waals surface area contributed by atoms with Gasteiger partial charge in [-0.15, -0.1) is 0 Å². The summed E-state index contributed by atoms with van der Waals surface area (Å²) >= 11 is 0. The Morgan fingerprint density at radius 3 is 2.20 bits per heavy atom. The number of anilines is 2. The molecule has 0 unspecified atom stereocenters. The van der Waals surface area contributed by atoms with Crippen LogP contribution in [0.25, 0.3) is 0 Å². The van der Waals surface area contributed by atoms with E-state index in [2.05, 4.69) is 16.0 Å². The molecule has 2 aromatic carbocycles. The number of benzene rings is 2. The number of carbonyl (C=O) groups is 3. The zero-order valence-corrected chi connectivity index (χ0v) is 17.4. The average molecular weight is 409 g/mol. The van der Waals surface area contributed by atoms with E-state index >= 15 is 0 Å². The van der Waals surface area contributed by atoms with Crippen LogP contribution < -0.4 is 20.9 Å². The smallest absolute Gasteiger partial charge is 0.315 e. The van der Waals surface area contributed by atoms with Gasteiger partial charge in [-0.2, -0.15) is 0 Å². The highest BCUT2D eigenvalue weighted by atomic mass is 16.2. The minimum absolute atomic E-state index is 0.0672. The Morgan fingerprint density at radius 1 is 0.967 bits per heavy atom. The number of hydrogen-bond acceptors (Lipinski definition) is 3. The SMILES string of the molecule is CC(=O)N(C)c1ccc(NC(=O)C2(NC(=O)NCc3ccccc3)CCCC2)cc1. The summed E-state index contributed by atoms with van der Waals surface area (Å²) in [4.78, 5) is 38.5. The van der Waals surface area contributed by atoms with Gasteiger partial charge in [-0.05, 0) is 42.7 Å². The number of carbonyl (C=O) groups excluding carboxylic acids is 3. The van der Waals surface area contributed by atoms with Gasteiger partial charge < -0.3 is 20.9 Å². The highest BCUT2D eigenvalue weighted by molar-refractivity contribution is 6.01. The molecule has 158 valence electrons. The predicted molar refractivity (Wildman–Crippen MR) is 117 cm³/mol. The van der Waals surface area contributed by atoms with Crippen molar-refractivity contribution in [2.45, 2.75) is 44.7 Å². The first-order valence-corrected chi connectivity index (χ1v) is 10.2. The number of urea groups is 1. The third kappa shape index (κ3) is 5.17. The average Bonchev–Trinajstić information content (AvgIpc) is 3.22. The van der Waals surface area contributed by atoms with Gasteiger partial charge in [-0.1, -0.05) is 43.2 Å². The van der Waals surface area contributed by atoms with E-state index in [0.717, 1.165) is 24.1 Å². The van der Waals surface area contributed by atoms with Gasteiger partial charge in [0.15, 0.2) is 0 Å². The molecule has 0 aliphatic heterocycles. The summed E-state index contributed by atoms with van der Waals surface area (Å²) < 4.78 is 0. The lowest BCUT2D eigenvalue weighted by atomic mass is 9.96. The van der Waals surface area contributed by atoms with Crippen LogP contribution in [0.15, 0.2) is 54.6 Å². The van der Waals surface area contributed by atoms with Crippen molar-refractivity contribution in [3.63, 3.8) is 0 Å². The fourth-order valence-corrected chi connectivity index (χ4v) is 3.63. The van der Waals surface area contributed by atoms with Crippen molar-refractivity contribution >= 4 is 29.2 Å². The Kier molecular flexibility index (Phi) is 6.72. The van der Waals surface area contributed by atoms with E-state index in [1.165, 1.54) is 11.8 Å². The topological polar surface area (TPSA) is 90.5 Å². The van der Waals surface area contributed by atoms with Crippen LogP contribution in [0.2, 0.25) is 0 Å². The van der Waals surface area contributed by atoms with Gasteiger partial charge >= 0.3 is 6.03 Å². The molecule has 3 rings (SSSR count). The van der Waals surface area contributed by atoms with Crippen molar-refractivity contribution < 1.29 is 14.4 Å². The molecule has 1 saturated carbocycles. The van der Waals surface area contributed by atoms with Gasteiger partial charge in [0.1, 0.15) is 5.54 Å². The molecule has 4 amide bonds. The fraction of sp³-hybridized carbons (Fsp3) is 0.348. The highest BCUT2D eigenvalue weighted by Gasteiger charge is 2.42. The van der Waals surface area contributed by atoms with Gasteiger partial charge in [0.2, 0.25) is 11.8 Å². The molecule has 0 bridgehead atoms. The van der Waals surface area contributed by atoms with Crippen molar-refractivity contribution in [2.24, 2.45) is 0 Å². The lowest BCUT2D eigenvalue weighted by molar-refractivity contribution is -0.122. The van der Waals surface area contributed by atoms with Crippen LogP contribution in [-0.4, -0.2) is 30.4 Å². The van der Waals surface area contributed by atoms with Crippen LogP contribution in [0, 0.1) is 0 Å². The van der Waals surface area contributed by atoms with Crippen molar-refractivity contribution in [1.29, 1.82) is 0 Å². The third-order valence-corrected chi connectivity index (χ3v) is 5.53. The molecule has 0 spiro atoms. The highest BCUT2D eigenvalue weighted by Crippen LogP contribution is 2.31. The number of nitrogens with one attached hydrogen (secondary N) is 3. The molecular weight excluding hydrogens is 380 g/mol. The summed E-state index contributed by atoms with van der Waals surface area (Å²) in [6.45, 7) is 1.89. The number of amides is 4. The minimum Gasteiger partial charge on any atom is -0.334 e. The maximum absolute atomic E-state index is 13.1. The Labute approximate surface area is 176 Å². The van der Waals surface area contributed by atoms with Crippen LogP contribution in [0.5, 0.6) is 0 Å². The first-order chi connectivity index (χ1) is 14.4. The molecule has 0 aromatic heterocycles. The Hall–Kier alpha value is -3.35. The van der Waals surface area contributed by atoms with Crippen LogP contribution in [0.3, 0.4) is 0 Å².